The van der Waals surface area contributed by atoms with Crippen molar-refractivity contribution in [3.63, 3.8) is 0 Å². The van der Waals surface area contributed by atoms with Crippen LogP contribution in [0, 0.1) is 5.82 Å². The van der Waals surface area contributed by atoms with Gasteiger partial charge in [-0.05, 0) is 37.2 Å². The molecule has 43 heavy (non-hydrogen) atoms. The van der Waals surface area contributed by atoms with Crippen molar-refractivity contribution in [1.82, 2.24) is 25.1 Å². The zero-order chi connectivity index (χ0) is 30.8. The fourth-order valence-electron chi connectivity index (χ4n) is 4.21. The van der Waals surface area contributed by atoms with Crippen molar-refractivity contribution in [2.24, 2.45) is 0 Å². The molecule has 230 valence electrons. The average Bonchev–Trinajstić information content (AvgIpc) is 3.39. The van der Waals surface area contributed by atoms with Crippen molar-refractivity contribution in [2.75, 3.05) is 50.6 Å². The maximum absolute atomic E-state index is 13.4. The molecule has 14 nitrogen and oxygen atoms in total. The number of amides is 1. The molecule has 16 heteroatoms. The number of nitrogens with one attached hydrogen (secondary N) is 3. The maximum Gasteiger partial charge on any atom is 0.469 e. The standard InChI is InChI=1S/C27H33FN7O7P/c1-3-35(9-11-42-43(37,38)39)8-5-10-41-24-16-22-21(15-23(24)40-2)27(30-17-29-22)32-25-13-20(33-34-25)14-26(36)31-19-7-4-6-18(28)12-19/h4,6-7,12-13,15-17H,3,5,8-11,14H2,1-2H3,(H,31,36)(H2,37,38,39)(H2,29,30,32,33,34). The summed E-state index contributed by atoms with van der Waals surface area (Å²) in [5.41, 5.74) is 1.50. The highest BCUT2D eigenvalue weighted by Gasteiger charge is 2.16. The first-order valence-corrected chi connectivity index (χ1v) is 14.9. The first-order valence-electron chi connectivity index (χ1n) is 13.4. The molecular formula is C27H33FN7O7P. The highest BCUT2D eigenvalue weighted by molar-refractivity contribution is 7.46. The van der Waals surface area contributed by atoms with Gasteiger partial charge in [-0.15, -0.1) is 0 Å². The minimum atomic E-state index is -4.48. The van der Waals surface area contributed by atoms with Crippen LogP contribution in [0.25, 0.3) is 10.9 Å². The third-order valence-corrected chi connectivity index (χ3v) is 6.77. The minimum absolute atomic E-state index is 0.00142. The van der Waals surface area contributed by atoms with E-state index in [9.17, 15) is 13.8 Å². The number of hydrogen-bond donors (Lipinski definition) is 5. The summed E-state index contributed by atoms with van der Waals surface area (Å²) < 4.78 is 40.3. The van der Waals surface area contributed by atoms with Gasteiger partial charge in [0, 0.05) is 42.0 Å². The molecule has 0 fully saturated rings. The summed E-state index contributed by atoms with van der Waals surface area (Å²) in [6, 6.07) is 10.8. The van der Waals surface area contributed by atoms with Gasteiger partial charge in [0.25, 0.3) is 0 Å². The van der Waals surface area contributed by atoms with Gasteiger partial charge in [0.2, 0.25) is 5.91 Å². The second kappa shape index (κ2) is 14.8. The number of benzene rings is 2. The van der Waals surface area contributed by atoms with Crippen LogP contribution in [0.3, 0.4) is 0 Å². The number of fused-ring (bicyclic) bond motifs is 1. The van der Waals surface area contributed by atoms with Crippen LogP contribution in [0.1, 0.15) is 19.0 Å². The molecular weight excluding hydrogens is 584 g/mol. The summed E-state index contributed by atoms with van der Waals surface area (Å²) >= 11 is 0. The molecule has 0 unspecified atom stereocenters. The molecule has 5 N–H and O–H groups in total. The van der Waals surface area contributed by atoms with E-state index in [2.05, 4.69) is 35.3 Å². The number of aromatic amines is 1. The summed E-state index contributed by atoms with van der Waals surface area (Å²) in [6.07, 6.45) is 2.06. The fraction of sp³-hybridized carbons (Fsp3) is 0.333. The number of nitrogens with zero attached hydrogens (tertiary/aromatic N) is 4. The Hall–Kier alpha value is -4.14. The number of rotatable bonds is 16. The maximum atomic E-state index is 13.4. The Morgan fingerprint density at radius 1 is 1.12 bits per heavy atom. The first kappa shape index (κ1) is 31.8. The Labute approximate surface area is 246 Å². The van der Waals surface area contributed by atoms with Crippen LogP contribution in [-0.4, -0.2) is 80.7 Å². The van der Waals surface area contributed by atoms with E-state index in [4.69, 9.17) is 19.3 Å². The van der Waals surface area contributed by atoms with E-state index in [0.717, 1.165) is 0 Å². The Bertz CT molecular complexity index is 1580. The van der Waals surface area contributed by atoms with Gasteiger partial charge in [0.05, 0.1) is 32.3 Å². The molecule has 0 atom stereocenters. The topological polar surface area (TPSA) is 184 Å². The molecule has 2 aromatic carbocycles. The summed E-state index contributed by atoms with van der Waals surface area (Å²) in [6.45, 7) is 3.97. The van der Waals surface area contributed by atoms with E-state index in [1.807, 2.05) is 11.8 Å². The molecule has 0 aliphatic heterocycles. The molecule has 1 amide bonds. The van der Waals surface area contributed by atoms with E-state index in [1.54, 1.807) is 24.3 Å². The molecule has 2 heterocycles. The molecule has 0 aliphatic rings. The number of ether oxygens (including phenoxy) is 2. The molecule has 4 rings (SSSR count). The molecule has 0 radical (unpaired) electrons. The number of likely N-dealkylation sites (N-methyl/N-ethyl adjacent to an activating group) is 1. The zero-order valence-electron chi connectivity index (χ0n) is 23.6. The second-order valence-corrected chi connectivity index (χ2v) is 10.6. The van der Waals surface area contributed by atoms with E-state index in [1.165, 1.54) is 31.6 Å². The van der Waals surface area contributed by atoms with Crippen molar-refractivity contribution < 1.29 is 37.5 Å². The Balaban J connectivity index is 1.35. The van der Waals surface area contributed by atoms with E-state index in [0.29, 0.717) is 78.1 Å². The summed E-state index contributed by atoms with van der Waals surface area (Å²) in [5, 5.41) is 13.5. The van der Waals surface area contributed by atoms with Crippen LogP contribution in [-0.2, 0) is 20.3 Å². The van der Waals surface area contributed by atoms with Crippen LogP contribution in [0.5, 0.6) is 11.5 Å². The highest BCUT2D eigenvalue weighted by Crippen LogP contribution is 2.36. The van der Waals surface area contributed by atoms with E-state index >= 15 is 0 Å². The number of H-pyrrole nitrogens is 1. The summed E-state index contributed by atoms with van der Waals surface area (Å²) in [5.74, 6) is 1.10. The lowest BCUT2D eigenvalue weighted by molar-refractivity contribution is -0.115. The van der Waals surface area contributed by atoms with E-state index in [-0.39, 0.29) is 18.9 Å². The normalized spacial score (nSPS) is 11.6. The summed E-state index contributed by atoms with van der Waals surface area (Å²) in [4.78, 5) is 40.7. The van der Waals surface area contributed by atoms with E-state index < -0.39 is 13.6 Å². The van der Waals surface area contributed by atoms with Gasteiger partial charge in [0.1, 0.15) is 18.0 Å². The molecule has 0 aliphatic carbocycles. The van der Waals surface area contributed by atoms with Crippen molar-refractivity contribution in [3.8, 4) is 11.5 Å². The van der Waals surface area contributed by atoms with Crippen LogP contribution in [0.4, 0.5) is 21.7 Å². The number of phosphoric ester groups is 1. The SMILES string of the molecule is CCN(CCCOc1cc2ncnc(Nc3cc(CC(=O)Nc4cccc(F)c4)[nH]n3)c2cc1OC)CCOP(=O)(O)O. The Morgan fingerprint density at radius 2 is 1.95 bits per heavy atom. The number of hydrogen-bond acceptors (Lipinski definition) is 10. The number of methoxy groups -OCH3 is 1. The van der Waals surface area contributed by atoms with Crippen LogP contribution < -0.4 is 20.1 Å². The Kier molecular flexibility index (Phi) is 11.0. The fourth-order valence-corrected chi connectivity index (χ4v) is 4.52. The molecule has 2 aromatic heterocycles. The Morgan fingerprint density at radius 3 is 2.70 bits per heavy atom. The third-order valence-electron chi connectivity index (χ3n) is 6.25. The average molecular weight is 618 g/mol. The van der Waals surface area contributed by atoms with Gasteiger partial charge in [-0.2, -0.15) is 5.10 Å². The number of carbonyl (C=O) groups is 1. The molecule has 0 spiro atoms. The number of phosphoric acid groups is 1. The predicted molar refractivity (Wildman–Crippen MR) is 157 cm³/mol. The van der Waals surface area contributed by atoms with Crippen LogP contribution in [0.15, 0.2) is 48.8 Å². The van der Waals surface area contributed by atoms with Crippen LogP contribution >= 0.6 is 7.82 Å². The lowest BCUT2D eigenvalue weighted by Crippen LogP contribution is -2.29. The molecule has 4 aromatic rings. The second-order valence-electron chi connectivity index (χ2n) is 9.34. The predicted octanol–water partition coefficient (Wildman–Crippen LogP) is 3.63. The van der Waals surface area contributed by atoms with Crippen molar-refractivity contribution in [3.05, 3.63) is 60.3 Å². The van der Waals surface area contributed by atoms with Crippen molar-refractivity contribution in [2.45, 2.75) is 19.8 Å². The smallest absolute Gasteiger partial charge is 0.469 e. The minimum Gasteiger partial charge on any atom is -0.493 e. The van der Waals surface area contributed by atoms with Gasteiger partial charge in [0.15, 0.2) is 17.3 Å². The molecule has 0 saturated carbocycles. The number of carbonyl (C=O) groups excluding carboxylic acids is 1. The third kappa shape index (κ3) is 9.70. The highest BCUT2D eigenvalue weighted by atomic mass is 31.2. The van der Waals surface area contributed by atoms with Gasteiger partial charge < -0.3 is 34.8 Å². The van der Waals surface area contributed by atoms with Crippen molar-refractivity contribution >= 4 is 42.0 Å². The van der Waals surface area contributed by atoms with Crippen molar-refractivity contribution in [1.29, 1.82) is 0 Å². The first-order chi connectivity index (χ1) is 20.6. The molecule has 0 bridgehead atoms. The largest absolute Gasteiger partial charge is 0.493 e. The molecule has 0 saturated heterocycles. The number of aromatic nitrogens is 4. The lowest BCUT2D eigenvalue weighted by Gasteiger charge is -2.20. The van der Waals surface area contributed by atoms with Crippen LogP contribution in [0.2, 0.25) is 0 Å². The van der Waals surface area contributed by atoms with Gasteiger partial charge in [-0.25, -0.2) is 18.9 Å². The monoisotopic (exact) mass is 617 g/mol. The van der Waals surface area contributed by atoms with Gasteiger partial charge in [-0.1, -0.05) is 13.0 Å². The summed E-state index contributed by atoms with van der Waals surface area (Å²) in [7, 11) is -2.96. The number of halogens is 1. The lowest BCUT2D eigenvalue weighted by atomic mass is 10.2. The quantitative estimate of drug-likeness (QED) is 0.0910. The van der Waals surface area contributed by atoms with Gasteiger partial charge in [-0.3, -0.25) is 14.4 Å². The number of anilines is 3. The van der Waals surface area contributed by atoms with Gasteiger partial charge >= 0.3 is 7.82 Å². The zero-order valence-corrected chi connectivity index (χ0v) is 24.5.